The summed E-state index contributed by atoms with van der Waals surface area (Å²) in [5.74, 6) is 0.777. The Labute approximate surface area is 99.6 Å². The lowest BCUT2D eigenvalue weighted by Gasteiger charge is -2.23. The molecule has 1 fully saturated rings. The van der Waals surface area contributed by atoms with Crippen molar-refractivity contribution >= 4 is 15.9 Å². The fourth-order valence-electron chi connectivity index (χ4n) is 2.57. The summed E-state index contributed by atoms with van der Waals surface area (Å²) in [5.41, 5.74) is 1.28. The van der Waals surface area contributed by atoms with Crippen LogP contribution in [0.25, 0.3) is 0 Å². The highest BCUT2D eigenvalue weighted by Crippen LogP contribution is 2.38. The summed E-state index contributed by atoms with van der Waals surface area (Å²) in [6, 6.07) is 2.54. The highest BCUT2D eigenvalue weighted by molar-refractivity contribution is 9.10. The highest BCUT2D eigenvalue weighted by Gasteiger charge is 2.27. The first-order chi connectivity index (χ1) is 7.33. The van der Waals surface area contributed by atoms with Crippen LogP contribution in [-0.2, 0) is 0 Å². The molecule has 0 saturated heterocycles. The third-order valence-electron chi connectivity index (χ3n) is 3.28. The van der Waals surface area contributed by atoms with Gasteiger partial charge in [0.15, 0.2) is 4.67 Å². The summed E-state index contributed by atoms with van der Waals surface area (Å²) in [6.07, 6.45) is 7.20. The smallest absolute Gasteiger partial charge is 0.173 e. The summed E-state index contributed by atoms with van der Waals surface area (Å²) in [6.45, 7) is 3.18. The van der Waals surface area contributed by atoms with Gasteiger partial charge in [-0.3, -0.25) is 0 Å². The maximum absolute atomic E-state index is 5.33. The monoisotopic (exact) mass is 271 g/mol. The van der Waals surface area contributed by atoms with E-state index in [1.165, 1.54) is 31.2 Å². The Balaban J connectivity index is 2.15. The normalized spacial score (nSPS) is 19.6. The van der Waals surface area contributed by atoms with E-state index in [2.05, 4.69) is 34.2 Å². The zero-order chi connectivity index (χ0) is 10.7. The lowest BCUT2D eigenvalue weighted by Crippen LogP contribution is -2.26. The van der Waals surface area contributed by atoms with Gasteiger partial charge in [0.05, 0.1) is 6.26 Å². The van der Waals surface area contributed by atoms with E-state index < -0.39 is 0 Å². The van der Waals surface area contributed by atoms with Crippen molar-refractivity contribution in [3.63, 3.8) is 0 Å². The molecular weight excluding hydrogens is 254 g/mol. The van der Waals surface area contributed by atoms with Gasteiger partial charge in [0, 0.05) is 11.6 Å². The number of hydrogen-bond donors (Lipinski definition) is 1. The Bertz CT molecular complexity index is 304. The first-order valence-corrected chi connectivity index (χ1v) is 6.58. The minimum Gasteiger partial charge on any atom is -0.457 e. The van der Waals surface area contributed by atoms with Crippen LogP contribution >= 0.6 is 15.9 Å². The van der Waals surface area contributed by atoms with Gasteiger partial charge in [0.25, 0.3) is 0 Å². The number of hydrogen-bond acceptors (Lipinski definition) is 2. The molecule has 0 radical (unpaired) electrons. The first-order valence-electron chi connectivity index (χ1n) is 5.79. The van der Waals surface area contributed by atoms with Crippen LogP contribution in [0.5, 0.6) is 0 Å². The van der Waals surface area contributed by atoms with E-state index in [9.17, 15) is 0 Å². The van der Waals surface area contributed by atoms with E-state index in [1.807, 2.05) is 0 Å². The van der Waals surface area contributed by atoms with Crippen LogP contribution in [-0.4, -0.2) is 6.54 Å². The lowest BCUT2D eigenvalue weighted by atomic mass is 9.93. The molecule has 1 heterocycles. The highest BCUT2D eigenvalue weighted by atomic mass is 79.9. The summed E-state index contributed by atoms with van der Waals surface area (Å²) in [5, 5.41) is 3.58. The average molecular weight is 272 g/mol. The predicted octanol–water partition coefficient (Wildman–Crippen LogP) is 3.88. The van der Waals surface area contributed by atoms with Gasteiger partial charge in [-0.25, -0.2) is 0 Å². The average Bonchev–Trinajstić information content (AvgIpc) is 2.85. The second-order valence-corrected chi connectivity index (χ2v) is 4.95. The molecule has 1 unspecified atom stereocenters. The van der Waals surface area contributed by atoms with Crippen molar-refractivity contribution in [1.82, 2.24) is 5.32 Å². The van der Waals surface area contributed by atoms with Gasteiger partial charge in [0.1, 0.15) is 0 Å². The second-order valence-electron chi connectivity index (χ2n) is 4.23. The zero-order valence-electron chi connectivity index (χ0n) is 9.13. The molecule has 1 aliphatic rings. The standard InChI is InChI=1S/C12H18BrNO/c1-2-14-11(9-5-3-4-6-9)10-7-8-15-12(10)13/h7-9,11,14H,2-6H2,1H3. The Kier molecular flexibility index (Phi) is 3.87. The zero-order valence-corrected chi connectivity index (χ0v) is 10.7. The van der Waals surface area contributed by atoms with Crippen LogP contribution in [0.4, 0.5) is 0 Å². The van der Waals surface area contributed by atoms with Crippen molar-refractivity contribution in [1.29, 1.82) is 0 Å². The van der Waals surface area contributed by atoms with Crippen LogP contribution in [0.3, 0.4) is 0 Å². The number of halogens is 1. The maximum atomic E-state index is 5.33. The van der Waals surface area contributed by atoms with Crippen LogP contribution in [0.2, 0.25) is 0 Å². The summed E-state index contributed by atoms with van der Waals surface area (Å²) in [7, 11) is 0. The van der Waals surface area contributed by atoms with E-state index in [1.54, 1.807) is 6.26 Å². The molecule has 0 aliphatic heterocycles. The first kappa shape index (κ1) is 11.2. The van der Waals surface area contributed by atoms with Crippen LogP contribution in [0, 0.1) is 5.92 Å². The molecule has 2 nitrogen and oxygen atoms in total. The third kappa shape index (κ3) is 2.45. The molecule has 1 aromatic heterocycles. The molecule has 0 aromatic carbocycles. The van der Waals surface area contributed by atoms with Gasteiger partial charge < -0.3 is 9.73 Å². The maximum Gasteiger partial charge on any atom is 0.173 e. The molecule has 15 heavy (non-hydrogen) atoms. The van der Waals surface area contributed by atoms with Gasteiger partial charge in [-0.15, -0.1) is 0 Å². The van der Waals surface area contributed by atoms with E-state index in [0.717, 1.165) is 17.1 Å². The quantitative estimate of drug-likeness (QED) is 0.899. The minimum absolute atomic E-state index is 0.464. The topological polar surface area (TPSA) is 25.2 Å². The Morgan fingerprint density at radius 2 is 2.27 bits per heavy atom. The van der Waals surface area contributed by atoms with Crippen molar-refractivity contribution in [2.45, 2.75) is 38.6 Å². The second kappa shape index (κ2) is 5.17. The number of rotatable bonds is 4. The van der Waals surface area contributed by atoms with Crippen molar-refractivity contribution in [3.8, 4) is 0 Å². The van der Waals surface area contributed by atoms with Gasteiger partial charge in [-0.2, -0.15) is 0 Å². The number of furan rings is 1. The van der Waals surface area contributed by atoms with Crippen molar-refractivity contribution in [2.75, 3.05) is 6.54 Å². The lowest BCUT2D eigenvalue weighted by molar-refractivity contribution is 0.369. The Morgan fingerprint density at radius 3 is 2.80 bits per heavy atom. The molecule has 2 rings (SSSR count). The van der Waals surface area contributed by atoms with Gasteiger partial charge in [-0.05, 0) is 47.3 Å². The minimum atomic E-state index is 0.464. The molecule has 3 heteroatoms. The summed E-state index contributed by atoms with van der Waals surface area (Å²) in [4.78, 5) is 0. The molecule has 0 bridgehead atoms. The van der Waals surface area contributed by atoms with Crippen molar-refractivity contribution in [2.24, 2.45) is 5.92 Å². The van der Waals surface area contributed by atoms with Crippen LogP contribution < -0.4 is 5.32 Å². The fraction of sp³-hybridized carbons (Fsp3) is 0.667. The van der Waals surface area contributed by atoms with E-state index in [4.69, 9.17) is 4.42 Å². The molecule has 0 amide bonds. The largest absolute Gasteiger partial charge is 0.457 e. The predicted molar refractivity (Wildman–Crippen MR) is 64.8 cm³/mol. The van der Waals surface area contributed by atoms with E-state index >= 15 is 0 Å². The Morgan fingerprint density at radius 1 is 1.53 bits per heavy atom. The molecule has 0 spiro atoms. The molecule has 84 valence electrons. The number of nitrogens with one attached hydrogen (secondary N) is 1. The van der Waals surface area contributed by atoms with Gasteiger partial charge in [0.2, 0.25) is 0 Å². The van der Waals surface area contributed by atoms with E-state index in [0.29, 0.717) is 6.04 Å². The van der Waals surface area contributed by atoms with Gasteiger partial charge >= 0.3 is 0 Å². The molecule has 1 atom stereocenters. The molecule has 1 saturated carbocycles. The summed E-state index contributed by atoms with van der Waals surface area (Å²) < 4.78 is 6.22. The van der Waals surface area contributed by atoms with Crippen LogP contribution in [0.1, 0.15) is 44.2 Å². The summed E-state index contributed by atoms with van der Waals surface area (Å²) >= 11 is 3.48. The Hall–Kier alpha value is -0.280. The van der Waals surface area contributed by atoms with Crippen LogP contribution in [0.15, 0.2) is 21.4 Å². The van der Waals surface area contributed by atoms with Crippen molar-refractivity contribution < 1.29 is 4.42 Å². The van der Waals surface area contributed by atoms with Gasteiger partial charge in [-0.1, -0.05) is 19.8 Å². The SMILES string of the molecule is CCNC(c1ccoc1Br)C1CCCC1. The molecular formula is C12H18BrNO. The van der Waals surface area contributed by atoms with Crippen molar-refractivity contribution in [3.05, 3.63) is 22.6 Å². The molecule has 1 aromatic rings. The molecule has 1 N–H and O–H groups in total. The molecule has 1 aliphatic carbocycles. The third-order valence-corrected chi connectivity index (χ3v) is 3.92. The van der Waals surface area contributed by atoms with E-state index in [-0.39, 0.29) is 0 Å². The fourth-order valence-corrected chi connectivity index (χ4v) is 3.05.